The van der Waals surface area contributed by atoms with Crippen molar-refractivity contribution < 1.29 is 17.9 Å². The van der Waals surface area contributed by atoms with Crippen LogP contribution in [-0.4, -0.2) is 40.3 Å². The summed E-state index contributed by atoms with van der Waals surface area (Å²) in [5.74, 6) is 0.885. The van der Waals surface area contributed by atoms with Gasteiger partial charge < -0.3 is 10.1 Å². The topological polar surface area (TPSA) is 75.7 Å². The lowest BCUT2D eigenvalue weighted by molar-refractivity contribution is -0.127. The van der Waals surface area contributed by atoms with Crippen molar-refractivity contribution in [2.24, 2.45) is 5.92 Å². The molecule has 0 bridgehead atoms. The van der Waals surface area contributed by atoms with Gasteiger partial charge in [0.05, 0.1) is 11.9 Å². The third kappa shape index (κ3) is 6.48. The van der Waals surface area contributed by atoms with Crippen LogP contribution in [0.25, 0.3) is 0 Å². The highest BCUT2D eigenvalue weighted by Gasteiger charge is 2.15. The minimum absolute atomic E-state index is 0.164. The van der Waals surface area contributed by atoms with E-state index in [1.807, 2.05) is 0 Å². The molecule has 0 saturated heterocycles. The van der Waals surface area contributed by atoms with E-state index in [1.54, 1.807) is 31.2 Å². The van der Waals surface area contributed by atoms with E-state index in [0.29, 0.717) is 23.9 Å². The first-order chi connectivity index (χ1) is 10.6. The number of hydrogen-bond donors (Lipinski definition) is 1. The zero-order valence-corrected chi connectivity index (χ0v) is 15.2. The van der Waals surface area contributed by atoms with Crippen LogP contribution in [0.2, 0.25) is 0 Å². The molecule has 0 aromatic heterocycles. The maximum Gasteiger partial charge on any atom is 0.260 e. The van der Waals surface area contributed by atoms with E-state index in [4.69, 9.17) is 4.74 Å². The monoisotopic (exact) mass is 342 g/mol. The highest BCUT2D eigenvalue weighted by Crippen LogP contribution is 2.21. The van der Waals surface area contributed by atoms with Crippen LogP contribution >= 0.6 is 0 Å². The predicted octanol–water partition coefficient (Wildman–Crippen LogP) is 2.01. The fourth-order valence-corrected chi connectivity index (χ4v) is 2.32. The summed E-state index contributed by atoms with van der Waals surface area (Å²) in [4.78, 5) is 11.9. The Kier molecular flexibility index (Phi) is 6.87. The molecule has 1 amide bonds. The minimum atomic E-state index is -3.29. The molecule has 1 aromatic carbocycles. The Morgan fingerprint density at radius 1 is 1.22 bits per heavy atom. The van der Waals surface area contributed by atoms with Crippen LogP contribution in [0.4, 0.5) is 5.69 Å². The van der Waals surface area contributed by atoms with E-state index in [-0.39, 0.29) is 5.91 Å². The molecule has 0 unspecified atom stereocenters. The van der Waals surface area contributed by atoms with Crippen molar-refractivity contribution in [2.45, 2.75) is 33.3 Å². The number of amides is 1. The Bertz CT molecular complexity index is 611. The number of ether oxygens (including phenoxy) is 1. The number of hydrogen-bond acceptors (Lipinski definition) is 4. The lowest BCUT2D eigenvalue weighted by atomic mass is 10.1. The second kappa shape index (κ2) is 8.19. The van der Waals surface area contributed by atoms with Gasteiger partial charge in [0.2, 0.25) is 10.0 Å². The molecule has 1 N–H and O–H groups in total. The first-order valence-electron chi connectivity index (χ1n) is 7.59. The minimum Gasteiger partial charge on any atom is -0.481 e. The normalized spacial score (nSPS) is 12.8. The molecule has 0 heterocycles. The lowest BCUT2D eigenvalue weighted by Gasteiger charge is -2.18. The Hall–Kier alpha value is -1.76. The van der Waals surface area contributed by atoms with Gasteiger partial charge in [-0.15, -0.1) is 0 Å². The molecule has 1 rings (SSSR count). The maximum atomic E-state index is 11.9. The highest BCUT2D eigenvalue weighted by molar-refractivity contribution is 7.92. The third-order valence-corrected chi connectivity index (χ3v) is 4.61. The Balaban J connectivity index is 2.59. The Labute approximate surface area is 138 Å². The molecule has 0 aliphatic heterocycles. The molecule has 0 spiro atoms. The number of carbonyl (C=O) groups excluding carboxylic acids is 1. The fourth-order valence-electron chi connectivity index (χ4n) is 1.81. The third-order valence-electron chi connectivity index (χ3n) is 3.40. The second-order valence-corrected chi connectivity index (χ2v) is 7.97. The molecule has 23 heavy (non-hydrogen) atoms. The summed E-state index contributed by atoms with van der Waals surface area (Å²) < 4.78 is 29.7. The van der Waals surface area contributed by atoms with Crippen molar-refractivity contribution >= 4 is 21.6 Å². The summed E-state index contributed by atoms with van der Waals surface area (Å²) in [6.45, 7) is 6.51. The van der Waals surface area contributed by atoms with Gasteiger partial charge in [-0.25, -0.2) is 8.42 Å². The number of carbonyl (C=O) groups is 1. The van der Waals surface area contributed by atoms with E-state index in [0.717, 1.165) is 12.7 Å². The average Bonchev–Trinajstić information content (AvgIpc) is 2.45. The van der Waals surface area contributed by atoms with Gasteiger partial charge in [0.15, 0.2) is 6.10 Å². The second-order valence-electron chi connectivity index (χ2n) is 5.96. The van der Waals surface area contributed by atoms with Gasteiger partial charge in [-0.1, -0.05) is 13.8 Å². The first-order valence-corrected chi connectivity index (χ1v) is 9.44. The van der Waals surface area contributed by atoms with Gasteiger partial charge >= 0.3 is 0 Å². The zero-order valence-electron chi connectivity index (χ0n) is 14.4. The number of rotatable bonds is 8. The van der Waals surface area contributed by atoms with Gasteiger partial charge in [0, 0.05) is 13.6 Å². The molecule has 0 radical (unpaired) electrons. The van der Waals surface area contributed by atoms with Crippen LogP contribution in [0, 0.1) is 5.92 Å². The molecular formula is C16H26N2O4S. The van der Waals surface area contributed by atoms with E-state index >= 15 is 0 Å². The summed E-state index contributed by atoms with van der Waals surface area (Å²) in [5.41, 5.74) is 0.536. The summed E-state index contributed by atoms with van der Waals surface area (Å²) in [5, 5.41) is 2.83. The van der Waals surface area contributed by atoms with Crippen LogP contribution in [-0.2, 0) is 14.8 Å². The number of nitrogens with one attached hydrogen (secondary N) is 1. The zero-order chi connectivity index (χ0) is 17.6. The quantitative estimate of drug-likeness (QED) is 0.784. The van der Waals surface area contributed by atoms with Crippen LogP contribution in [0.3, 0.4) is 0 Å². The number of benzene rings is 1. The van der Waals surface area contributed by atoms with E-state index < -0.39 is 16.1 Å². The smallest absolute Gasteiger partial charge is 0.260 e. The Morgan fingerprint density at radius 3 is 2.26 bits per heavy atom. The van der Waals surface area contributed by atoms with Crippen molar-refractivity contribution in [2.75, 3.05) is 24.2 Å². The van der Waals surface area contributed by atoms with Gasteiger partial charge in [0.25, 0.3) is 5.91 Å². The first kappa shape index (κ1) is 19.3. The van der Waals surface area contributed by atoms with Gasteiger partial charge in [0.1, 0.15) is 5.75 Å². The van der Waals surface area contributed by atoms with Crippen LogP contribution in [0.15, 0.2) is 24.3 Å². The molecule has 0 fully saturated rings. The molecule has 0 aliphatic carbocycles. The lowest BCUT2D eigenvalue weighted by Crippen LogP contribution is -2.37. The van der Waals surface area contributed by atoms with Crippen molar-refractivity contribution in [3.8, 4) is 5.75 Å². The van der Waals surface area contributed by atoms with Gasteiger partial charge in [-0.3, -0.25) is 9.10 Å². The van der Waals surface area contributed by atoms with Crippen molar-refractivity contribution in [3.05, 3.63) is 24.3 Å². The van der Waals surface area contributed by atoms with E-state index in [2.05, 4.69) is 19.2 Å². The standard InChI is InChI=1S/C16H26N2O4S/c1-12(2)10-11-17-16(19)13(3)22-15-8-6-14(7-9-15)18(4)23(5,20)21/h6-9,12-13H,10-11H2,1-5H3,(H,17,19)/t13-/m0/s1. The molecule has 7 heteroatoms. The van der Waals surface area contributed by atoms with Crippen LogP contribution in [0.1, 0.15) is 27.2 Å². The summed E-state index contributed by atoms with van der Waals surface area (Å²) >= 11 is 0. The van der Waals surface area contributed by atoms with Crippen molar-refractivity contribution in [3.63, 3.8) is 0 Å². The predicted molar refractivity (Wildman–Crippen MR) is 92.2 cm³/mol. The summed E-state index contributed by atoms with van der Waals surface area (Å²) in [6, 6.07) is 6.57. The molecular weight excluding hydrogens is 316 g/mol. The highest BCUT2D eigenvalue weighted by atomic mass is 32.2. The fraction of sp³-hybridized carbons (Fsp3) is 0.562. The molecule has 130 valence electrons. The average molecular weight is 342 g/mol. The van der Waals surface area contributed by atoms with E-state index in [9.17, 15) is 13.2 Å². The summed E-state index contributed by atoms with van der Waals surface area (Å²) in [6.07, 6.45) is 1.45. The van der Waals surface area contributed by atoms with Crippen LogP contribution in [0.5, 0.6) is 5.75 Å². The molecule has 1 atom stereocenters. The largest absolute Gasteiger partial charge is 0.481 e. The maximum absolute atomic E-state index is 11.9. The van der Waals surface area contributed by atoms with Crippen molar-refractivity contribution in [1.82, 2.24) is 5.32 Å². The number of sulfonamides is 1. The molecule has 6 nitrogen and oxygen atoms in total. The van der Waals surface area contributed by atoms with Gasteiger partial charge in [-0.05, 0) is 43.5 Å². The van der Waals surface area contributed by atoms with Crippen LogP contribution < -0.4 is 14.4 Å². The molecule has 1 aromatic rings. The molecule has 0 saturated carbocycles. The van der Waals surface area contributed by atoms with E-state index in [1.165, 1.54) is 11.4 Å². The van der Waals surface area contributed by atoms with Crippen molar-refractivity contribution in [1.29, 1.82) is 0 Å². The Morgan fingerprint density at radius 2 is 1.78 bits per heavy atom. The number of anilines is 1. The molecule has 0 aliphatic rings. The van der Waals surface area contributed by atoms with Gasteiger partial charge in [-0.2, -0.15) is 0 Å². The summed E-state index contributed by atoms with van der Waals surface area (Å²) in [7, 11) is -1.81. The SMILES string of the molecule is CC(C)CCNC(=O)[C@H](C)Oc1ccc(N(C)S(C)(=O)=O)cc1. The number of nitrogens with zero attached hydrogens (tertiary/aromatic N) is 1.